The van der Waals surface area contributed by atoms with Gasteiger partial charge in [0.25, 0.3) is 0 Å². The summed E-state index contributed by atoms with van der Waals surface area (Å²) in [5.74, 6) is -0.685. The molecule has 248 valence electrons. The average Bonchev–Trinajstić information content (AvgIpc) is 3.01. The molecule has 0 aromatic heterocycles. The van der Waals surface area contributed by atoms with Crippen LogP contribution in [0.3, 0.4) is 0 Å². The average molecular weight is 603 g/mol. The van der Waals surface area contributed by atoms with Gasteiger partial charge in [-0.1, -0.05) is 159 Å². The highest BCUT2D eigenvalue weighted by molar-refractivity contribution is 5.70. The summed E-state index contributed by atoms with van der Waals surface area (Å²) in [4.78, 5) is 24.1. The van der Waals surface area contributed by atoms with E-state index >= 15 is 0 Å². The normalized spacial score (nSPS) is 12.7. The number of unbranched alkanes of at least 4 members (excludes halogenated alkanes) is 15. The van der Waals surface area contributed by atoms with E-state index in [1.54, 1.807) is 0 Å². The largest absolute Gasteiger partial charge is 0.462 e. The monoisotopic (exact) mass is 602 g/mol. The SMILES string of the molecule is CC/C=C\C/C=C\C/C=C\C/C=C\CCC(=O)OC(CO)COC(=O)CCCCCCCCCCCCCCCCCC. The highest BCUT2D eigenvalue weighted by Crippen LogP contribution is 2.14. The van der Waals surface area contributed by atoms with Crippen LogP contribution in [0, 0.1) is 0 Å². The van der Waals surface area contributed by atoms with E-state index in [4.69, 9.17) is 9.47 Å². The maximum absolute atomic E-state index is 12.1. The van der Waals surface area contributed by atoms with Gasteiger partial charge in [0.2, 0.25) is 0 Å². The third-order valence-electron chi connectivity index (χ3n) is 7.40. The van der Waals surface area contributed by atoms with E-state index in [1.165, 1.54) is 83.5 Å². The molecule has 0 aliphatic rings. The van der Waals surface area contributed by atoms with Crippen LogP contribution in [-0.2, 0) is 19.1 Å². The summed E-state index contributed by atoms with van der Waals surface area (Å²) in [6.07, 6.45) is 41.8. The second kappa shape index (κ2) is 34.4. The van der Waals surface area contributed by atoms with Crippen LogP contribution >= 0.6 is 0 Å². The Balaban J connectivity index is 3.65. The molecule has 0 amide bonds. The molecule has 0 rings (SSSR count). The first-order valence-corrected chi connectivity index (χ1v) is 17.7. The highest BCUT2D eigenvalue weighted by atomic mass is 16.6. The number of hydrogen-bond acceptors (Lipinski definition) is 5. The molecule has 1 N–H and O–H groups in total. The van der Waals surface area contributed by atoms with Gasteiger partial charge in [-0.05, 0) is 38.5 Å². The van der Waals surface area contributed by atoms with Crippen LogP contribution in [0.25, 0.3) is 0 Å². The summed E-state index contributed by atoms with van der Waals surface area (Å²) in [7, 11) is 0. The van der Waals surface area contributed by atoms with E-state index in [0.29, 0.717) is 12.8 Å². The topological polar surface area (TPSA) is 72.8 Å². The minimum atomic E-state index is -0.806. The predicted octanol–water partition coefficient (Wildman–Crippen LogP) is 10.7. The molecule has 0 saturated carbocycles. The van der Waals surface area contributed by atoms with Crippen molar-refractivity contribution in [2.75, 3.05) is 13.2 Å². The summed E-state index contributed by atoms with van der Waals surface area (Å²) in [6.45, 7) is 3.95. The second-order valence-corrected chi connectivity index (χ2v) is 11.6. The van der Waals surface area contributed by atoms with Gasteiger partial charge in [-0.15, -0.1) is 0 Å². The van der Waals surface area contributed by atoms with Crippen molar-refractivity contribution < 1.29 is 24.2 Å². The first kappa shape index (κ1) is 40.9. The molecule has 0 fully saturated rings. The lowest BCUT2D eigenvalue weighted by Crippen LogP contribution is -2.28. The number of aliphatic hydroxyl groups excluding tert-OH is 1. The van der Waals surface area contributed by atoms with E-state index < -0.39 is 12.1 Å². The Morgan fingerprint density at radius 3 is 1.47 bits per heavy atom. The lowest BCUT2D eigenvalue weighted by molar-refractivity contribution is -0.161. The first-order valence-electron chi connectivity index (χ1n) is 17.7. The molecule has 0 spiro atoms. The van der Waals surface area contributed by atoms with Crippen LogP contribution in [0.5, 0.6) is 0 Å². The predicted molar refractivity (Wildman–Crippen MR) is 182 cm³/mol. The number of ether oxygens (including phenoxy) is 2. The number of aliphatic hydroxyl groups is 1. The molecule has 43 heavy (non-hydrogen) atoms. The van der Waals surface area contributed by atoms with Crippen LogP contribution in [-0.4, -0.2) is 36.4 Å². The van der Waals surface area contributed by atoms with Crippen molar-refractivity contribution >= 4 is 11.9 Å². The Kier molecular flexibility index (Phi) is 32.6. The smallest absolute Gasteiger partial charge is 0.306 e. The number of hydrogen-bond donors (Lipinski definition) is 1. The molecule has 0 saturated heterocycles. The van der Waals surface area contributed by atoms with E-state index in [1.807, 2.05) is 12.2 Å². The molecule has 0 radical (unpaired) electrons. The zero-order chi connectivity index (χ0) is 31.5. The minimum Gasteiger partial charge on any atom is -0.462 e. The van der Waals surface area contributed by atoms with Crippen LogP contribution in [0.1, 0.15) is 162 Å². The Morgan fingerprint density at radius 2 is 1.00 bits per heavy atom. The van der Waals surface area contributed by atoms with E-state index in [2.05, 4.69) is 50.3 Å². The summed E-state index contributed by atoms with van der Waals surface area (Å²) < 4.78 is 10.5. The fraction of sp³-hybridized carbons (Fsp3) is 0.737. The Morgan fingerprint density at radius 1 is 0.558 bits per heavy atom. The molecule has 0 bridgehead atoms. The summed E-state index contributed by atoms with van der Waals surface area (Å²) >= 11 is 0. The Bertz CT molecular complexity index is 737. The van der Waals surface area contributed by atoms with Crippen molar-refractivity contribution in [3.05, 3.63) is 48.6 Å². The van der Waals surface area contributed by atoms with Crippen molar-refractivity contribution in [2.45, 2.75) is 168 Å². The van der Waals surface area contributed by atoms with Gasteiger partial charge in [0.05, 0.1) is 6.61 Å². The Labute approximate surface area is 265 Å². The zero-order valence-electron chi connectivity index (χ0n) is 28.0. The quantitative estimate of drug-likeness (QED) is 0.0485. The van der Waals surface area contributed by atoms with Crippen LogP contribution in [0.2, 0.25) is 0 Å². The molecular weight excluding hydrogens is 536 g/mol. The van der Waals surface area contributed by atoms with Gasteiger partial charge in [-0.2, -0.15) is 0 Å². The van der Waals surface area contributed by atoms with Crippen LogP contribution in [0.15, 0.2) is 48.6 Å². The number of carbonyl (C=O) groups is 2. The minimum absolute atomic E-state index is 0.0934. The van der Waals surface area contributed by atoms with Gasteiger partial charge in [-0.25, -0.2) is 0 Å². The van der Waals surface area contributed by atoms with E-state index in [-0.39, 0.29) is 25.6 Å². The third kappa shape index (κ3) is 32.6. The molecule has 0 aliphatic heterocycles. The summed E-state index contributed by atoms with van der Waals surface area (Å²) in [5.41, 5.74) is 0. The fourth-order valence-corrected chi connectivity index (χ4v) is 4.74. The summed E-state index contributed by atoms with van der Waals surface area (Å²) in [6, 6.07) is 0. The maximum atomic E-state index is 12.1. The number of rotatable bonds is 31. The van der Waals surface area contributed by atoms with E-state index in [0.717, 1.165) is 44.9 Å². The highest BCUT2D eigenvalue weighted by Gasteiger charge is 2.15. The van der Waals surface area contributed by atoms with Gasteiger partial charge in [0.15, 0.2) is 6.10 Å². The molecule has 5 heteroatoms. The fourth-order valence-electron chi connectivity index (χ4n) is 4.74. The van der Waals surface area contributed by atoms with Crippen LogP contribution in [0.4, 0.5) is 0 Å². The molecule has 0 aliphatic carbocycles. The number of allylic oxidation sites excluding steroid dienone is 8. The van der Waals surface area contributed by atoms with Crippen LogP contribution < -0.4 is 0 Å². The molecular formula is C38H66O5. The van der Waals surface area contributed by atoms with Crippen molar-refractivity contribution in [3.63, 3.8) is 0 Å². The lowest BCUT2D eigenvalue weighted by atomic mass is 10.0. The van der Waals surface area contributed by atoms with Crippen molar-refractivity contribution in [1.82, 2.24) is 0 Å². The Hall–Kier alpha value is -2.14. The maximum Gasteiger partial charge on any atom is 0.306 e. The second-order valence-electron chi connectivity index (χ2n) is 11.6. The lowest BCUT2D eigenvalue weighted by Gasteiger charge is -2.15. The summed E-state index contributed by atoms with van der Waals surface area (Å²) in [5, 5.41) is 9.50. The third-order valence-corrected chi connectivity index (χ3v) is 7.40. The molecule has 0 aromatic rings. The molecule has 1 unspecified atom stereocenters. The molecule has 0 aromatic carbocycles. The van der Waals surface area contributed by atoms with Gasteiger partial charge >= 0.3 is 11.9 Å². The van der Waals surface area contributed by atoms with Gasteiger partial charge in [0, 0.05) is 12.8 Å². The van der Waals surface area contributed by atoms with Crippen molar-refractivity contribution in [1.29, 1.82) is 0 Å². The number of carbonyl (C=O) groups excluding carboxylic acids is 2. The van der Waals surface area contributed by atoms with Gasteiger partial charge in [-0.3, -0.25) is 9.59 Å². The van der Waals surface area contributed by atoms with Gasteiger partial charge < -0.3 is 14.6 Å². The standard InChI is InChI=1S/C38H66O5/c1-3-5-7-9-11-13-15-17-18-19-21-22-24-26-28-30-32-37(40)42-35-36(34-39)43-38(41)33-31-29-27-25-23-20-16-14-12-10-8-6-4-2/h6,8,12,14,20,23,27,29,36,39H,3-5,7,9-11,13,15-19,21-22,24-26,28,30-35H2,1-2H3/b8-6-,14-12-,23-20-,29-27-. The van der Waals surface area contributed by atoms with Crippen molar-refractivity contribution in [2.24, 2.45) is 0 Å². The zero-order valence-corrected chi connectivity index (χ0v) is 28.0. The van der Waals surface area contributed by atoms with Gasteiger partial charge in [0.1, 0.15) is 6.61 Å². The number of esters is 2. The molecule has 5 nitrogen and oxygen atoms in total. The first-order chi connectivity index (χ1) is 21.1. The van der Waals surface area contributed by atoms with E-state index in [9.17, 15) is 14.7 Å². The van der Waals surface area contributed by atoms with Crippen molar-refractivity contribution in [3.8, 4) is 0 Å². The molecule has 0 heterocycles. The molecule has 1 atom stereocenters.